The summed E-state index contributed by atoms with van der Waals surface area (Å²) in [6.45, 7) is 2.31. The van der Waals surface area contributed by atoms with E-state index in [0.29, 0.717) is 28.7 Å². The zero-order chi connectivity index (χ0) is 21.9. The van der Waals surface area contributed by atoms with Gasteiger partial charge in [0.05, 0.1) is 12.2 Å². The molecule has 160 valence electrons. The molecule has 0 aliphatic heterocycles. The van der Waals surface area contributed by atoms with E-state index in [1.807, 2.05) is 0 Å². The average Bonchev–Trinajstić information content (AvgIpc) is 2.73. The highest BCUT2D eigenvalue weighted by atomic mass is 79.9. The molecule has 2 rings (SSSR count). The average molecular weight is 515 g/mol. The Balaban J connectivity index is 1.82. The van der Waals surface area contributed by atoms with Crippen LogP contribution in [0.3, 0.4) is 0 Å². The summed E-state index contributed by atoms with van der Waals surface area (Å²) in [5, 5.41) is 3.00. The topological polar surface area (TPSA) is 88.7 Å². The zero-order valence-electron chi connectivity index (χ0n) is 16.2. The molecule has 0 saturated carbocycles. The third kappa shape index (κ3) is 8.17. The van der Waals surface area contributed by atoms with Crippen LogP contribution in [0.25, 0.3) is 0 Å². The Hall–Kier alpha value is -2.36. The van der Waals surface area contributed by atoms with Gasteiger partial charge < -0.3 is 9.47 Å². The number of hydrazine groups is 1. The Bertz CT molecular complexity index is 896. The van der Waals surface area contributed by atoms with Gasteiger partial charge >= 0.3 is 0 Å². The lowest BCUT2D eigenvalue weighted by atomic mass is 10.2. The van der Waals surface area contributed by atoms with Crippen molar-refractivity contribution >= 4 is 56.7 Å². The molecule has 0 bridgehead atoms. The molecule has 2 aromatic carbocycles. The lowest BCUT2D eigenvalue weighted by Crippen LogP contribution is -2.49. The van der Waals surface area contributed by atoms with Gasteiger partial charge in [0.2, 0.25) is 0 Å². The molecular formula is C20H21BrClN3O4S. The number of carbonyl (C=O) groups is 2. The fourth-order valence-electron chi connectivity index (χ4n) is 2.18. The summed E-state index contributed by atoms with van der Waals surface area (Å²) in [5.74, 6) is 0.00240. The van der Waals surface area contributed by atoms with Crippen molar-refractivity contribution < 1.29 is 19.1 Å². The van der Waals surface area contributed by atoms with Crippen LogP contribution in [0.15, 0.2) is 46.9 Å². The van der Waals surface area contributed by atoms with E-state index in [4.69, 9.17) is 33.3 Å². The van der Waals surface area contributed by atoms with Gasteiger partial charge in [0.15, 0.2) is 11.7 Å². The molecule has 2 aromatic rings. The van der Waals surface area contributed by atoms with Gasteiger partial charge in [-0.2, -0.15) is 0 Å². The maximum atomic E-state index is 12.6. The molecule has 0 saturated heterocycles. The first-order valence-electron chi connectivity index (χ1n) is 9.10. The highest BCUT2D eigenvalue weighted by molar-refractivity contribution is 9.10. The minimum atomic E-state index is -0.479. The van der Waals surface area contributed by atoms with Crippen molar-refractivity contribution in [3.8, 4) is 11.5 Å². The predicted octanol–water partition coefficient (Wildman–Crippen LogP) is 4.00. The number of carbonyl (C=O) groups excluding carboxylic acids is 2. The Morgan fingerprint density at radius 3 is 2.53 bits per heavy atom. The number of rotatable bonds is 8. The number of amides is 2. The highest BCUT2D eigenvalue weighted by Crippen LogP contribution is 2.23. The summed E-state index contributed by atoms with van der Waals surface area (Å²) >= 11 is 14.2. The molecule has 0 unspecified atom stereocenters. The van der Waals surface area contributed by atoms with Crippen molar-refractivity contribution in [2.75, 3.05) is 13.2 Å². The second-order valence-corrected chi connectivity index (χ2v) is 7.80. The maximum absolute atomic E-state index is 12.6. The number of thiocarbonyl (C=S) groups is 1. The highest BCUT2D eigenvalue weighted by Gasteiger charge is 2.15. The smallest absolute Gasteiger partial charge is 0.276 e. The van der Waals surface area contributed by atoms with Gasteiger partial charge in [-0.25, -0.2) is 0 Å². The molecule has 0 spiro atoms. The van der Waals surface area contributed by atoms with Gasteiger partial charge in [0.1, 0.15) is 11.5 Å². The van der Waals surface area contributed by atoms with Crippen molar-refractivity contribution in [2.24, 2.45) is 0 Å². The minimum absolute atomic E-state index is 0.0701. The molecule has 10 heteroatoms. The predicted molar refractivity (Wildman–Crippen MR) is 123 cm³/mol. The Morgan fingerprint density at radius 1 is 1.10 bits per heavy atom. The van der Waals surface area contributed by atoms with Crippen LogP contribution in [0.5, 0.6) is 11.5 Å². The van der Waals surface area contributed by atoms with Gasteiger partial charge in [-0.1, -0.05) is 40.9 Å². The second kappa shape index (κ2) is 12.4. The summed E-state index contributed by atoms with van der Waals surface area (Å²) in [7, 11) is 0. The maximum Gasteiger partial charge on any atom is 0.276 e. The lowest BCUT2D eigenvalue weighted by Gasteiger charge is -2.14. The molecule has 2 amide bonds. The van der Waals surface area contributed by atoms with E-state index in [2.05, 4.69) is 39.0 Å². The summed E-state index contributed by atoms with van der Waals surface area (Å²) in [5.41, 5.74) is 5.13. The molecule has 0 atom stereocenters. The van der Waals surface area contributed by atoms with Gasteiger partial charge in [-0.3, -0.25) is 25.8 Å². The fourth-order valence-corrected chi connectivity index (χ4v) is 2.81. The van der Waals surface area contributed by atoms with Crippen LogP contribution in [-0.2, 0) is 4.79 Å². The van der Waals surface area contributed by atoms with Gasteiger partial charge in [0, 0.05) is 9.50 Å². The van der Waals surface area contributed by atoms with E-state index >= 15 is 0 Å². The first-order chi connectivity index (χ1) is 14.4. The molecule has 7 nitrogen and oxygen atoms in total. The summed E-state index contributed by atoms with van der Waals surface area (Å²) in [6.07, 6.45) is 1.86. The zero-order valence-corrected chi connectivity index (χ0v) is 19.3. The van der Waals surface area contributed by atoms with E-state index in [0.717, 1.165) is 17.3 Å². The van der Waals surface area contributed by atoms with E-state index in [9.17, 15) is 9.59 Å². The Kier molecular flexibility index (Phi) is 9.85. The van der Waals surface area contributed by atoms with Crippen LogP contribution < -0.4 is 25.6 Å². The molecule has 3 N–H and O–H groups in total. The van der Waals surface area contributed by atoms with E-state index in [1.165, 1.54) is 0 Å². The molecule has 0 aromatic heterocycles. The molecule has 0 radical (unpaired) electrons. The molecule has 0 aliphatic rings. The number of hydrogen-bond donors (Lipinski definition) is 3. The van der Waals surface area contributed by atoms with E-state index < -0.39 is 11.8 Å². The van der Waals surface area contributed by atoms with Gasteiger partial charge in [0.25, 0.3) is 11.8 Å². The molecule has 0 aliphatic carbocycles. The van der Waals surface area contributed by atoms with Crippen molar-refractivity contribution in [1.29, 1.82) is 0 Å². The third-order valence-corrected chi connectivity index (χ3v) is 4.62. The number of nitrogens with one attached hydrogen (secondary N) is 3. The molecule has 0 fully saturated rings. The number of hydrogen-bond acceptors (Lipinski definition) is 5. The van der Waals surface area contributed by atoms with Gasteiger partial charge in [-0.05, 0) is 61.1 Å². The largest absolute Gasteiger partial charge is 0.493 e. The number of ether oxygens (including phenoxy) is 2. The summed E-state index contributed by atoms with van der Waals surface area (Å²) in [4.78, 5) is 24.4. The molecule has 0 heterocycles. The number of halogens is 2. The third-order valence-electron chi connectivity index (χ3n) is 3.67. The second-order valence-electron chi connectivity index (χ2n) is 6.04. The number of unbranched alkanes of at least 4 members (excludes halogenated alkanes) is 1. The standard InChI is InChI=1S/C20H21BrClN3O4S/c1-2-3-10-28-17-9-4-13(21)11-16(17)19(27)23-20(30)25-24-18(26)12-29-15-7-5-14(22)6-8-15/h4-9,11H,2-3,10,12H2,1H3,(H,24,26)(H2,23,25,27,30). The van der Waals surface area contributed by atoms with Gasteiger partial charge in [-0.15, -0.1) is 0 Å². The van der Waals surface area contributed by atoms with Crippen molar-refractivity contribution in [1.82, 2.24) is 16.2 Å². The van der Waals surface area contributed by atoms with E-state index in [-0.39, 0.29) is 11.7 Å². The fraction of sp³-hybridized carbons (Fsp3) is 0.250. The van der Waals surface area contributed by atoms with Crippen LogP contribution in [0.2, 0.25) is 5.02 Å². The quantitative estimate of drug-likeness (QED) is 0.280. The Labute approximate surface area is 193 Å². The first kappa shape index (κ1) is 23.9. The SMILES string of the molecule is CCCCOc1ccc(Br)cc1C(=O)NC(=S)NNC(=O)COc1ccc(Cl)cc1. The normalized spacial score (nSPS) is 10.1. The lowest BCUT2D eigenvalue weighted by molar-refractivity contribution is -0.123. The van der Waals surface area contributed by atoms with Crippen LogP contribution in [0.4, 0.5) is 0 Å². The van der Waals surface area contributed by atoms with E-state index in [1.54, 1.807) is 42.5 Å². The van der Waals surface area contributed by atoms with Crippen molar-refractivity contribution in [2.45, 2.75) is 19.8 Å². The summed E-state index contributed by atoms with van der Waals surface area (Å²) in [6, 6.07) is 11.7. The molecular weight excluding hydrogens is 494 g/mol. The van der Waals surface area contributed by atoms with Crippen LogP contribution >= 0.6 is 39.7 Å². The van der Waals surface area contributed by atoms with Crippen LogP contribution in [-0.4, -0.2) is 30.1 Å². The van der Waals surface area contributed by atoms with Crippen molar-refractivity contribution in [3.05, 3.63) is 57.5 Å². The summed E-state index contributed by atoms with van der Waals surface area (Å²) < 4.78 is 11.7. The number of benzene rings is 2. The Morgan fingerprint density at radius 2 is 1.83 bits per heavy atom. The van der Waals surface area contributed by atoms with Crippen molar-refractivity contribution in [3.63, 3.8) is 0 Å². The minimum Gasteiger partial charge on any atom is -0.493 e. The van der Waals surface area contributed by atoms with Crippen LogP contribution in [0.1, 0.15) is 30.1 Å². The molecule has 30 heavy (non-hydrogen) atoms. The monoisotopic (exact) mass is 513 g/mol. The first-order valence-corrected chi connectivity index (χ1v) is 10.7. The van der Waals surface area contributed by atoms with Crippen LogP contribution in [0, 0.1) is 0 Å².